The third kappa shape index (κ3) is 3.46. The fourth-order valence-electron chi connectivity index (χ4n) is 2.30. The van der Waals surface area contributed by atoms with Crippen LogP contribution in [-0.2, 0) is 9.84 Å². The molecule has 0 aliphatic carbocycles. The van der Waals surface area contributed by atoms with Gasteiger partial charge in [0.1, 0.15) is 22.6 Å². The lowest BCUT2D eigenvalue weighted by Gasteiger charge is -2.19. The van der Waals surface area contributed by atoms with Crippen molar-refractivity contribution in [2.45, 2.75) is 10.1 Å². The molecular weight excluding hydrogens is 321 g/mol. The van der Waals surface area contributed by atoms with Gasteiger partial charge in [-0.1, -0.05) is 0 Å². The molecule has 0 amide bonds. The highest BCUT2D eigenvalue weighted by Crippen LogP contribution is 2.36. The van der Waals surface area contributed by atoms with Crippen molar-refractivity contribution in [1.29, 1.82) is 0 Å². The highest BCUT2D eigenvalue weighted by Gasteiger charge is 2.30. The third-order valence-electron chi connectivity index (χ3n) is 3.51. The summed E-state index contributed by atoms with van der Waals surface area (Å²) in [4.78, 5) is -0.000719. The van der Waals surface area contributed by atoms with E-state index < -0.39 is 20.9 Å². The van der Waals surface area contributed by atoms with Gasteiger partial charge in [-0.3, -0.25) is 0 Å². The Balaban J connectivity index is 2.56. The van der Waals surface area contributed by atoms with Gasteiger partial charge in [-0.15, -0.1) is 0 Å². The topological polar surface area (TPSA) is 78.6 Å². The van der Waals surface area contributed by atoms with Gasteiger partial charge in [-0.2, -0.15) is 0 Å². The molecule has 0 saturated heterocycles. The van der Waals surface area contributed by atoms with Gasteiger partial charge in [0.05, 0.1) is 19.1 Å². The van der Waals surface area contributed by atoms with Crippen molar-refractivity contribution in [3.63, 3.8) is 0 Å². The standard InChI is InChI=1S/C16H18FNO4S/c1-21-12-5-8-15(22-2)14(9-12)16(10-18)23(19,20)13-6-3-11(17)4-7-13/h3-9,16H,10,18H2,1-2H3. The molecule has 0 heterocycles. The smallest absolute Gasteiger partial charge is 0.186 e. The molecule has 5 nitrogen and oxygen atoms in total. The van der Waals surface area contributed by atoms with Crippen LogP contribution in [0.2, 0.25) is 0 Å². The largest absolute Gasteiger partial charge is 0.497 e. The average Bonchev–Trinajstić information content (AvgIpc) is 2.55. The van der Waals surface area contributed by atoms with Crippen molar-refractivity contribution in [2.75, 3.05) is 20.8 Å². The van der Waals surface area contributed by atoms with Crippen molar-refractivity contribution in [3.8, 4) is 11.5 Å². The molecular formula is C16H18FNO4S. The molecule has 0 aromatic heterocycles. The monoisotopic (exact) mass is 339 g/mol. The molecule has 0 fully saturated rings. The van der Waals surface area contributed by atoms with Crippen molar-refractivity contribution >= 4 is 9.84 Å². The van der Waals surface area contributed by atoms with Crippen LogP contribution in [0.1, 0.15) is 10.8 Å². The third-order valence-corrected chi connectivity index (χ3v) is 5.64. The first-order valence-electron chi connectivity index (χ1n) is 6.85. The molecule has 2 aromatic carbocycles. The summed E-state index contributed by atoms with van der Waals surface area (Å²) in [6.07, 6.45) is 0. The van der Waals surface area contributed by atoms with Gasteiger partial charge in [0, 0.05) is 12.1 Å². The molecule has 124 valence electrons. The molecule has 0 radical (unpaired) electrons. The van der Waals surface area contributed by atoms with Crippen LogP contribution in [0.3, 0.4) is 0 Å². The normalized spacial score (nSPS) is 12.7. The summed E-state index contributed by atoms with van der Waals surface area (Å²) in [5.41, 5.74) is 6.13. The Morgan fingerprint density at radius 2 is 1.74 bits per heavy atom. The quantitative estimate of drug-likeness (QED) is 0.817. The second-order valence-electron chi connectivity index (χ2n) is 4.83. The van der Waals surface area contributed by atoms with Gasteiger partial charge in [-0.05, 0) is 42.5 Å². The van der Waals surface area contributed by atoms with Gasteiger partial charge in [0.25, 0.3) is 0 Å². The Kier molecular flexibility index (Phi) is 5.23. The lowest BCUT2D eigenvalue weighted by atomic mass is 10.1. The van der Waals surface area contributed by atoms with Crippen LogP contribution >= 0.6 is 0 Å². The van der Waals surface area contributed by atoms with E-state index in [1.165, 1.54) is 26.4 Å². The van der Waals surface area contributed by atoms with Gasteiger partial charge < -0.3 is 15.2 Å². The number of ether oxygens (including phenoxy) is 2. The minimum atomic E-state index is -3.81. The SMILES string of the molecule is COc1ccc(OC)c(C(CN)S(=O)(=O)c2ccc(F)cc2)c1. The molecule has 0 saturated carbocycles. The molecule has 23 heavy (non-hydrogen) atoms. The first-order valence-corrected chi connectivity index (χ1v) is 8.40. The molecule has 2 aromatic rings. The average molecular weight is 339 g/mol. The summed E-state index contributed by atoms with van der Waals surface area (Å²) in [5.74, 6) is 0.382. The van der Waals surface area contributed by atoms with Crippen LogP contribution in [0.25, 0.3) is 0 Å². The number of benzene rings is 2. The lowest BCUT2D eigenvalue weighted by molar-refractivity contribution is 0.398. The first kappa shape index (κ1) is 17.2. The van der Waals surface area contributed by atoms with Gasteiger partial charge in [-0.25, -0.2) is 12.8 Å². The molecule has 2 N–H and O–H groups in total. The number of sulfone groups is 1. The zero-order chi connectivity index (χ0) is 17.0. The van der Waals surface area contributed by atoms with E-state index in [1.807, 2.05) is 0 Å². The summed E-state index contributed by atoms with van der Waals surface area (Å²) in [7, 11) is -0.874. The van der Waals surface area contributed by atoms with Crippen LogP contribution in [0.15, 0.2) is 47.4 Å². The number of nitrogens with two attached hydrogens (primary N) is 1. The van der Waals surface area contributed by atoms with E-state index in [0.717, 1.165) is 12.1 Å². The van der Waals surface area contributed by atoms with Crippen LogP contribution in [0.4, 0.5) is 4.39 Å². The molecule has 2 rings (SSSR count). The van der Waals surface area contributed by atoms with Crippen LogP contribution in [0, 0.1) is 5.82 Å². The van der Waals surface area contributed by atoms with E-state index in [4.69, 9.17) is 15.2 Å². The van der Waals surface area contributed by atoms with Gasteiger partial charge in [0.2, 0.25) is 0 Å². The number of methoxy groups -OCH3 is 2. The zero-order valence-corrected chi connectivity index (χ0v) is 13.6. The Morgan fingerprint density at radius 1 is 1.09 bits per heavy atom. The first-order chi connectivity index (χ1) is 10.9. The molecule has 0 aliphatic rings. The Hall–Kier alpha value is -2.12. The van der Waals surface area contributed by atoms with E-state index >= 15 is 0 Å². The van der Waals surface area contributed by atoms with Crippen molar-refractivity contribution in [3.05, 3.63) is 53.8 Å². The molecule has 0 spiro atoms. The number of hydrogen-bond acceptors (Lipinski definition) is 5. The summed E-state index contributed by atoms with van der Waals surface area (Å²) in [5, 5.41) is -1.03. The van der Waals surface area contributed by atoms with Crippen molar-refractivity contribution in [2.24, 2.45) is 5.73 Å². The number of halogens is 1. The second kappa shape index (κ2) is 6.97. The maximum absolute atomic E-state index is 13.0. The summed E-state index contributed by atoms with van der Waals surface area (Å²) < 4.78 is 49.1. The van der Waals surface area contributed by atoms with Crippen molar-refractivity contribution in [1.82, 2.24) is 0 Å². The number of hydrogen-bond donors (Lipinski definition) is 1. The van der Waals surface area contributed by atoms with E-state index in [0.29, 0.717) is 17.1 Å². The molecule has 0 bridgehead atoms. The zero-order valence-electron chi connectivity index (χ0n) is 12.8. The van der Waals surface area contributed by atoms with E-state index in [9.17, 15) is 12.8 Å². The highest BCUT2D eigenvalue weighted by molar-refractivity contribution is 7.91. The summed E-state index contributed by atoms with van der Waals surface area (Å²) in [6, 6.07) is 9.52. The highest BCUT2D eigenvalue weighted by atomic mass is 32.2. The minimum absolute atomic E-state index is 0.000719. The fraction of sp³-hybridized carbons (Fsp3) is 0.250. The summed E-state index contributed by atoms with van der Waals surface area (Å²) in [6.45, 7) is -0.150. The van der Waals surface area contributed by atoms with Crippen LogP contribution < -0.4 is 15.2 Å². The number of rotatable bonds is 6. The maximum atomic E-state index is 13.0. The molecule has 1 unspecified atom stereocenters. The van der Waals surface area contributed by atoms with E-state index in [-0.39, 0.29) is 11.4 Å². The predicted molar refractivity (Wildman–Crippen MR) is 84.9 cm³/mol. The van der Waals surface area contributed by atoms with Gasteiger partial charge >= 0.3 is 0 Å². The van der Waals surface area contributed by atoms with Crippen LogP contribution in [-0.4, -0.2) is 29.2 Å². The van der Waals surface area contributed by atoms with Crippen molar-refractivity contribution < 1.29 is 22.3 Å². The van der Waals surface area contributed by atoms with Gasteiger partial charge in [0.15, 0.2) is 9.84 Å². The Labute approximate surface area is 134 Å². The minimum Gasteiger partial charge on any atom is -0.497 e. The van der Waals surface area contributed by atoms with E-state index in [2.05, 4.69) is 0 Å². The Bertz CT molecular complexity index is 775. The Morgan fingerprint density at radius 3 is 2.26 bits per heavy atom. The lowest BCUT2D eigenvalue weighted by Crippen LogP contribution is -2.23. The predicted octanol–water partition coefficient (Wildman–Crippen LogP) is 2.32. The van der Waals surface area contributed by atoms with E-state index in [1.54, 1.807) is 18.2 Å². The molecule has 0 aliphatic heterocycles. The molecule has 1 atom stereocenters. The fourth-order valence-corrected chi connectivity index (χ4v) is 3.92. The second-order valence-corrected chi connectivity index (χ2v) is 6.96. The van der Waals surface area contributed by atoms with Crippen LogP contribution in [0.5, 0.6) is 11.5 Å². The summed E-state index contributed by atoms with van der Waals surface area (Å²) >= 11 is 0. The molecule has 7 heteroatoms. The maximum Gasteiger partial charge on any atom is 0.186 e.